The number of fused-ring (bicyclic) bond motifs is 3. The molecule has 2 aromatic carbocycles. The van der Waals surface area contributed by atoms with Gasteiger partial charge in [0.05, 0.1) is 31.1 Å². The average molecular weight is 506 g/mol. The van der Waals surface area contributed by atoms with Gasteiger partial charge in [0, 0.05) is 31.6 Å². The molecule has 1 aliphatic rings. The third-order valence-electron chi connectivity index (χ3n) is 7.14. The maximum atomic E-state index is 13.9. The van der Waals surface area contributed by atoms with Gasteiger partial charge in [-0.05, 0) is 43.5 Å². The van der Waals surface area contributed by atoms with Crippen molar-refractivity contribution in [1.29, 1.82) is 0 Å². The van der Waals surface area contributed by atoms with Crippen molar-refractivity contribution < 1.29 is 24.0 Å². The van der Waals surface area contributed by atoms with E-state index >= 15 is 0 Å². The van der Waals surface area contributed by atoms with E-state index in [0.29, 0.717) is 42.3 Å². The summed E-state index contributed by atoms with van der Waals surface area (Å²) in [6.07, 6.45) is -0.370. The third-order valence-corrected chi connectivity index (χ3v) is 7.14. The molecule has 0 saturated heterocycles. The van der Waals surface area contributed by atoms with Crippen molar-refractivity contribution in [3.05, 3.63) is 76.7 Å². The molecule has 1 N–H and O–H groups in total. The lowest BCUT2D eigenvalue weighted by Gasteiger charge is -2.35. The zero-order valence-electron chi connectivity index (χ0n) is 22.1. The van der Waals surface area contributed by atoms with Gasteiger partial charge in [-0.1, -0.05) is 54.5 Å². The molecule has 0 saturated carbocycles. The van der Waals surface area contributed by atoms with Crippen molar-refractivity contribution in [3.63, 3.8) is 0 Å². The van der Waals surface area contributed by atoms with E-state index in [-0.39, 0.29) is 36.5 Å². The molecule has 3 aromatic rings. The number of carbonyl (C=O) groups is 2. The van der Waals surface area contributed by atoms with Crippen LogP contribution in [0.15, 0.2) is 53.1 Å². The largest absolute Gasteiger partial charge is 0.394 e. The molecule has 37 heavy (non-hydrogen) atoms. The fourth-order valence-corrected chi connectivity index (χ4v) is 4.88. The van der Waals surface area contributed by atoms with Crippen LogP contribution in [0.3, 0.4) is 0 Å². The van der Waals surface area contributed by atoms with Gasteiger partial charge in [0.1, 0.15) is 11.3 Å². The first-order chi connectivity index (χ1) is 17.7. The van der Waals surface area contributed by atoms with E-state index in [9.17, 15) is 14.7 Å². The lowest BCUT2D eigenvalue weighted by Crippen LogP contribution is -2.47. The Hall–Kier alpha value is -3.49. The molecular weight excluding hydrogens is 470 g/mol. The van der Waals surface area contributed by atoms with Gasteiger partial charge in [0.15, 0.2) is 0 Å². The molecule has 0 spiro atoms. The Morgan fingerprint density at radius 3 is 2.43 bits per heavy atom. The highest BCUT2D eigenvalue weighted by Gasteiger charge is 2.32. The number of aromatic nitrogens is 1. The minimum Gasteiger partial charge on any atom is -0.394 e. The first-order valence-electron chi connectivity index (χ1n) is 12.6. The van der Waals surface area contributed by atoms with E-state index in [0.717, 1.165) is 16.7 Å². The second-order valence-corrected chi connectivity index (χ2v) is 9.90. The molecule has 8 nitrogen and oxygen atoms in total. The molecule has 1 aromatic heterocycles. The van der Waals surface area contributed by atoms with Crippen LogP contribution in [0, 0.1) is 19.8 Å². The van der Waals surface area contributed by atoms with Crippen LogP contribution >= 0.6 is 0 Å². The summed E-state index contributed by atoms with van der Waals surface area (Å²) in [4.78, 5) is 30.5. The topological polar surface area (TPSA) is 96.1 Å². The van der Waals surface area contributed by atoms with Crippen molar-refractivity contribution in [3.8, 4) is 11.1 Å². The summed E-state index contributed by atoms with van der Waals surface area (Å²) in [5.41, 5.74) is 4.31. The van der Waals surface area contributed by atoms with Gasteiger partial charge in [0.2, 0.25) is 0 Å². The van der Waals surface area contributed by atoms with E-state index < -0.39 is 0 Å². The fourth-order valence-electron chi connectivity index (χ4n) is 4.88. The quantitative estimate of drug-likeness (QED) is 0.561. The minimum atomic E-state index is -0.388. The van der Waals surface area contributed by atoms with E-state index in [4.69, 9.17) is 9.26 Å². The molecule has 0 radical (unpaired) electrons. The molecule has 0 bridgehead atoms. The molecular formula is C29H35N3O5. The summed E-state index contributed by atoms with van der Waals surface area (Å²) >= 11 is 0. The molecule has 196 valence electrons. The van der Waals surface area contributed by atoms with E-state index in [1.165, 1.54) is 0 Å². The molecule has 4 rings (SSSR count). The molecule has 2 heterocycles. The molecule has 3 atom stereocenters. The van der Waals surface area contributed by atoms with Crippen molar-refractivity contribution in [1.82, 2.24) is 15.0 Å². The van der Waals surface area contributed by atoms with Crippen LogP contribution in [0.25, 0.3) is 11.1 Å². The first-order valence-corrected chi connectivity index (χ1v) is 12.6. The van der Waals surface area contributed by atoms with Gasteiger partial charge in [-0.15, -0.1) is 0 Å². The number of nitrogens with zero attached hydrogens (tertiary/aromatic N) is 3. The van der Waals surface area contributed by atoms with Crippen LogP contribution in [-0.2, 0) is 11.3 Å². The SMILES string of the molecule is Cc1noc(C)c1C(=O)N(C)C[C@@H]1OCc2ccccc2-c2ccccc2C(=O)N([C@H](C)CO)C[C@H]1C. The Balaban J connectivity index is 1.72. The Morgan fingerprint density at radius 2 is 1.78 bits per heavy atom. The van der Waals surface area contributed by atoms with Crippen molar-refractivity contribution >= 4 is 11.8 Å². The predicted octanol–water partition coefficient (Wildman–Crippen LogP) is 4.09. The third kappa shape index (κ3) is 5.45. The normalized spacial score (nSPS) is 19.0. The number of aryl methyl sites for hydroxylation is 2. The number of ether oxygens (including phenoxy) is 1. The Bertz CT molecular complexity index is 1250. The van der Waals surface area contributed by atoms with E-state index in [1.807, 2.05) is 62.4 Å². The lowest BCUT2D eigenvalue weighted by molar-refractivity contribution is -0.0209. The van der Waals surface area contributed by atoms with Crippen molar-refractivity contribution in [2.24, 2.45) is 5.92 Å². The molecule has 8 heteroatoms. The van der Waals surface area contributed by atoms with E-state index in [2.05, 4.69) is 5.16 Å². The summed E-state index contributed by atoms with van der Waals surface area (Å²) < 4.78 is 11.7. The first kappa shape index (κ1) is 26.6. The van der Waals surface area contributed by atoms with Gasteiger partial charge < -0.3 is 24.2 Å². The van der Waals surface area contributed by atoms with E-state index in [1.54, 1.807) is 30.7 Å². The zero-order valence-corrected chi connectivity index (χ0v) is 22.1. The smallest absolute Gasteiger partial charge is 0.259 e. The fraction of sp³-hybridized carbons (Fsp3) is 0.414. The zero-order chi connectivity index (χ0) is 26.7. The number of amides is 2. The number of aliphatic hydroxyl groups excluding tert-OH is 1. The van der Waals surface area contributed by atoms with Gasteiger partial charge in [0.25, 0.3) is 11.8 Å². The summed E-state index contributed by atoms with van der Waals surface area (Å²) in [6, 6.07) is 15.1. The second-order valence-electron chi connectivity index (χ2n) is 9.90. The number of hydrogen-bond acceptors (Lipinski definition) is 6. The summed E-state index contributed by atoms with van der Waals surface area (Å²) in [7, 11) is 1.73. The van der Waals surface area contributed by atoms with Crippen LogP contribution in [0.1, 0.15) is 51.6 Å². The number of benzene rings is 2. The van der Waals surface area contributed by atoms with Crippen molar-refractivity contribution in [2.45, 2.75) is 46.4 Å². The number of hydrogen-bond donors (Lipinski definition) is 1. The second kappa shape index (κ2) is 11.3. The van der Waals surface area contributed by atoms with Gasteiger partial charge in [-0.3, -0.25) is 9.59 Å². The predicted molar refractivity (Wildman–Crippen MR) is 140 cm³/mol. The maximum absolute atomic E-state index is 13.9. The van der Waals surface area contributed by atoms with Crippen LogP contribution in [0.4, 0.5) is 0 Å². The highest BCUT2D eigenvalue weighted by Crippen LogP contribution is 2.31. The Labute approximate surface area is 217 Å². The molecule has 0 fully saturated rings. The average Bonchev–Trinajstić information content (AvgIpc) is 3.24. The summed E-state index contributed by atoms with van der Waals surface area (Å²) in [5, 5.41) is 13.9. The maximum Gasteiger partial charge on any atom is 0.259 e. The summed E-state index contributed by atoms with van der Waals surface area (Å²) in [5.74, 6) is 0.0201. The standard InChI is InChI=1S/C29H35N3O5/c1-18-14-32(19(2)16-33)28(34)25-13-9-8-12-24(25)23-11-7-6-10-22(23)17-36-26(18)15-31(5)29(35)27-20(3)30-37-21(27)4/h6-13,18-19,26,33H,14-17H2,1-5H3/t18-,19-,26+/m1/s1. The number of rotatable bonds is 5. The van der Waals surface area contributed by atoms with Gasteiger partial charge in [-0.25, -0.2) is 0 Å². The molecule has 0 unspecified atom stereocenters. The monoisotopic (exact) mass is 505 g/mol. The van der Waals surface area contributed by atoms with Crippen LogP contribution in [0.2, 0.25) is 0 Å². The highest BCUT2D eigenvalue weighted by molar-refractivity contribution is 6.01. The number of likely N-dealkylation sites (N-methyl/N-ethyl adjacent to an activating group) is 1. The Kier molecular flexibility index (Phi) is 8.10. The Morgan fingerprint density at radius 1 is 1.14 bits per heavy atom. The number of aliphatic hydroxyl groups is 1. The molecule has 2 amide bonds. The summed E-state index contributed by atoms with van der Waals surface area (Å²) in [6.45, 7) is 8.17. The van der Waals surface area contributed by atoms with Crippen LogP contribution in [0.5, 0.6) is 0 Å². The highest BCUT2D eigenvalue weighted by atomic mass is 16.5. The van der Waals surface area contributed by atoms with Crippen LogP contribution in [-0.4, -0.2) is 70.8 Å². The van der Waals surface area contributed by atoms with Crippen LogP contribution < -0.4 is 0 Å². The minimum absolute atomic E-state index is 0.129. The molecule has 1 aliphatic heterocycles. The van der Waals surface area contributed by atoms with Crippen molar-refractivity contribution in [2.75, 3.05) is 26.7 Å². The lowest BCUT2D eigenvalue weighted by atomic mass is 9.94. The molecule has 0 aliphatic carbocycles. The van der Waals surface area contributed by atoms with Gasteiger partial charge >= 0.3 is 0 Å². The number of carbonyl (C=O) groups excluding carboxylic acids is 2. The van der Waals surface area contributed by atoms with Gasteiger partial charge in [-0.2, -0.15) is 0 Å².